The lowest BCUT2D eigenvalue weighted by molar-refractivity contribution is 0.259. The summed E-state index contributed by atoms with van der Waals surface area (Å²) >= 11 is 3.64. The third-order valence-electron chi connectivity index (χ3n) is 5.45. The van der Waals surface area contributed by atoms with E-state index in [4.69, 9.17) is 10.5 Å². The van der Waals surface area contributed by atoms with Gasteiger partial charge in [-0.25, -0.2) is 0 Å². The van der Waals surface area contributed by atoms with Crippen LogP contribution in [0.1, 0.15) is 30.4 Å². The van der Waals surface area contributed by atoms with Crippen molar-refractivity contribution in [3.8, 4) is 5.75 Å². The summed E-state index contributed by atoms with van der Waals surface area (Å²) in [4.78, 5) is 2.59. The van der Waals surface area contributed by atoms with Crippen molar-refractivity contribution in [2.24, 2.45) is 17.6 Å². The number of nitrogens with zero attached hydrogens (tertiary/aromatic N) is 1. The fraction of sp³-hybridized carbons (Fsp3) is 0.647. The minimum absolute atomic E-state index is 0.415. The highest BCUT2D eigenvalue weighted by Gasteiger charge is 2.38. The van der Waals surface area contributed by atoms with E-state index in [-0.39, 0.29) is 0 Å². The van der Waals surface area contributed by atoms with Crippen molar-refractivity contribution in [3.63, 3.8) is 0 Å². The predicted octanol–water partition coefficient (Wildman–Crippen LogP) is 2.94. The maximum Gasteiger partial charge on any atom is 0.127 e. The Morgan fingerprint density at radius 2 is 2.19 bits per heavy atom. The zero-order valence-corrected chi connectivity index (χ0v) is 13.9. The second-order valence-electron chi connectivity index (χ2n) is 6.86. The summed E-state index contributed by atoms with van der Waals surface area (Å²) in [5.41, 5.74) is 9.02. The molecule has 2 heterocycles. The Hall–Kier alpha value is -0.580. The summed E-state index contributed by atoms with van der Waals surface area (Å²) < 4.78 is 7.04. The minimum Gasteiger partial charge on any atom is -0.493 e. The van der Waals surface area contributed by atoms with Crippen molar-refractivity contribution < 1.29 is 4.74 Å². The summed E-state index contributed by atoms with van der Waals surface area (Å²) in [6, 6.07) is 4.84. The van der Waals surface area contributed by atoms with Crippen molar-refractivity contribution in [1.82, 2.24) is 4.90 Å². The van der Waals surface area contributed by atoms with Gasteiger partial charge in [0.2, 0.25) is 0 Å². The predicted molar refractivity (Wildman–Crippen MR) is 87.4 cm³/mol. The van der Waals surface area contributed by atoms with Crippen LogP contribution in [0.5, 0.6) is 5.75 Å². The molecule has 0 aromatic heterocycles. The third kappa shape index (κ3) is 2.62. The average molecular weight is 351 g/mol. The molecule has 0 radical (unpaired) electrons. The van der Waals surface area contributed by atoms with Crippen LogP contribution in [0.2, 0.25) is 0 Å². The molecule has 2 aliphatic heterocycles. The Bertz CT molecular complexity index is 548. The summed E-state index contributed by atoms with van der Waals surface area (Å²) in [6.07, 6.45) is 4.93. The molecular weight excluding hydrogens is 328 g/mol. The van der Waals surface area contributed by atoms with E-state index in [1.165, 1.54) is 41.4 Å². The number of ether oxygens (including phenoxy) is 1. The highest BCUT2D eigenvalue weighted by Crippen LogP contribution is 2.38. The van der Waals surface area contributed by atoms with Crippen LogP contribution in [0.3, 0.4) is 0 Å². The minimum atomic E-state index is 0.415. The zero-order valence-electron chi connectivity index (χ0n) is 12.4. The van der Waals surface area contributed by atoms with Gasteiger partial charge in [-0.1, -0.05) is 22.4 Å². The van der Waals surface area contributed by atoms with Crippen molar-refractivity contribution in [2.45, 2.75) is 38.3 Å². The number of rotatable bonds is 2. The molecule has 3 atom stereocenters. The molecule has 1 aromatic carbocycles. The summed E-state index contributed by atoms with van der Waals surface area (Å²) in [5, 5.41) is 0. The van der Waals surface area contributed by atoms with Gasteiger partial charge < -0.3 is 10.5 Å². The monoisotopic (exact) mass is 350 g/mol. The van der Waals surface area contributed by atoms with Crippen molar-refractivity contribution in [1.29, 1.82) is 0 Å². The topological polar surface area (TPSA) is 38.5 Å². The van der Waals surface area contributed by atoms with Crippen LogP contribution in [0, 0.1) is 11.8 Å². The Morgan fingerprint density at radius 3 is 3.05 bits per heavy atom. The summed E-state index contributed by atoms with van der Waals surface area (Å²) in [6.45, 7) is 4.20. The van der Waals surface area contributed by atoms with Crippen molar-refractivity contribution in [2.75, 3.05) is 19.7 Å². The molecule has 0 bridgehead atoms. The normalized spacial score (nSPS) is 31.8. The van der Waals surface area contributed by atoms with Gasteiger partial charge in [0.1, 0.15) is 5.75 Å². The average Bonchev–Trinajstić information content (AvgIpc) is 3.05. The fourth-order valence-electron chi connectivity index (χ4n) is 4.44. The molecule has 21 heavy (non-hydrogen) atoms. The van der Waals surface area contributed by atoms with E-state index in [2.05, 4.69) is 33.0 Å². The quantitative estimate of drug-likeness (QED) is 0.890. The third-order valence-corrected chi connectivity index (χ3v) is 5.91. The fourth-order valence-corrected chi connectivity index (χ4v) is 5.00. The second-order valence-corrected chi connectivity index (χ2v) is 7.78. The number of benzene rings is 1. The van der Waals surface area contributed by atoms with Gasteiger partial charge in [-0.3, -0.25) is 4.90 Å². The van der Waals surface area contributed by atoms with E-state index >= 15 is 0 Å². The van der Waals surface area contributed by atoms with Gasteiger partial charge in [-0.2, -0.15) is 0 Å². The number of hydrogen-bond donors (Lipinski definition) is 1. The maximum absolute atomic E-state index is 6.33. The molecule has 3 aliphatic rings. The summed E-state index contributed by atoms with van der Waals surface area (Å²) in [5.74, 6) is 2.66. The van der Waals surface area contributed by atoms with Gasteiger partial charge in [0.15, 0.2) is 0 Å². The maximum atomic E-state index is 6.33. The smallest absolute Gasteiger partial charge is 0.127 e. The Morgan fingerprint density at radius 1 is 1.29 bits per heavy atom. The molecule has 4 rings (SSSR count). The molecule has 4 heteroatoms. The van der Waals surface area contributed by atoms with Gasteiger partial charge in [0.05, 0.1) is 6.61 Å². The van der Waals surface area contributed by atoms with Gasteiger partial charge in [-0.05, 0) is 42.4 Å². The molecule has 1 aromatic rings. The van der Waals surface area contributed by atoms with Crippen LogP contribution in [0.25, 0.3) is 0 Å². The SMILES string of the molecule is NC1CCCC2CN(Cc3cc(Br)cc4c3OCC4)CC12. The number of likely N-dealkylation sites (tertiary alicyclic amines) is 1. The first-order chi connectivity index (χ1) is 10.2. The molecular formula is C17H23BrN2O. The summed E-state index contributed by atoms with van der Waals surface area (Å²) in [7, 11) is 0. The lowest BCUT2D eigenvalue weighted by Gasteiger charge is -2.29. The Kier molecular flexibility index (Phi) is 3.72. The molecule has 3 nitrogen and oxygen atoms in total. The molecule has 2 fully saturated rings. The Balaban J connectivity index is 1.52. The highest BCUT2D eigenvalue weighted by atomic mass is 79.9. The molecule has 114 valence electrons. The molecule has 0 spiro atoms. The first kappa shape index (κ1) is 14.0. The van der Waals surface area contributed by atoms with E-state index in [0.29, 0.717) is 12.0 Å². The largest absolute Gasteiger partial charge is 0.493 e. The first-order valence-corrected chi connectivity index (χ1v) is 8.92. The van der Waals surface area contributed by atoms with E-state index < -0.39 is 0 Å². The molecule has 1 saturated heterocycles. The van der Waals surface area contributed by atoms with Crippen LogP contribution in [0.15, 0.2) is 16.6 Å². The standard InChI is InChI=1S/C17H23BrN2O/c18-14-6-11-4-5-21-17(11)13(7-14)9-20-8-12-2-1-3-16(19)15(12)10-20/h6-7,12,15-16H,1-5,8-10,19H2. The van der Waals surface area contributed by atoms with Gasteiger partial charge in [-0.15, -0.1) is 0 Å². The number of halogens is 1. The van der Waals surface area contributed by atoms with Crippen molar-refractivity contribution >= 4 is 15.9 Å². The molecule has 0 amide bonds. The number of hydrogen-bond acceptors (Lipinski definition) is 3. The van der Waals surface area contributed by atoms with E-state index in [0.717, 1.165) is 37.8 Å². The van der Waals surface area contributed by atoms with Gasteiger partial charge in [0, 0.05) is 42.1 Å². The van der Waals surface area contributed by atoms with Gasteiger partial charge in [0.25, 0.3) is 0 Å². The van der Waals surface area contributed by atoms with E-state index in [1.807, 2.05) is 0 Å². The molecule has 1 saturated carbocycles. The second kappa shape index (κ2) is 5.56. The van der Waals surface area contributed by atoms with Crippen molar-refractivity contribution in [3.05, 3.63) is 27.7 Å². The van der Waals surface area contributed by atoms with Gasteiger partial charge >= 0.3 is 0 Å². The lowest BCUT2D eigenvalue weighted by Crippen LogP contribution is -2.38. The zero-order chi connectivity index (χ0) is 14.4. The lowest BCUT2D eigenvalue weighted by atomic mass is 9.78. The molecule has 1 aliphatic carbocycles. The van der Waals surface area contributed by atoms with E-state index in [9.17, 15) is 0 Å². The van der Waals surface area contributed by atoms with Crippen LogP contribution < -0.4 is 10.5 Å². The Labute approximate surface area is 135 Å². The molecule has 3 unspecified atom stereocenters. The number of nitrogens with two attached hydrogens (primary N) is 1. The number of fused-ring (bicyclic) bond motifs is 2. The van der Waals surface area contributed by atoms with Crippen LogP contribution in [-0.4, -0.2) is 30.6 Å². The van der Waals surface area contributed by atoms with Crippen LogP contribution >= 0.6 is 15.9 Å². The van der Waals surface area contributed by atoms with E-state index in [1.54, 1.807) is 0 Å². The van der Waals surface area contributed by atoms with Crippen LogP contribution in [-0.2, 0) is 13.0 Å². The molecule has 2 N–H and O–H groups in total. The highest BCUT2D eigenvalue weighted by molar-refractivity contribution is 9.10. The van der Waals surface area contributed by atoms with Crippen LogP contribution in [0.4, 0.5) is 0 Å². The first-order valence-electron chi connectivity index (χ1n) is 8.13.